The molecule has 112 valence electrons. The zero-order valence-electron chi connectivity index (χ0n) is 12.8. The molecule has 1 heterocycles. The van der Waals surface area contributed by atoms with Crippen molar-refractivity contribution < 1.29 is 9.47 Å². The molecule has 2 rings (SSSR count). The van der Waals surface area contributed by atoms with Crippen LogP contribution >= 0.6 is 0 Å². The maximum atomic E-state index is 6.17. The van der Waals surface area contributed by atoms with E-state index in [1.807, 2.05) is 6.07 Å². The summed E-state index contributed by atoms with van der Waals surface area (Å²) < 4.78 is 10.6. The van der Waals surface area contributed by atoms with Crippen LogP contribution in [0.25, 0.3) is 0 Å². The molecule has 0 saturated carbocycles. The molecule has 0 radical (unpaired) electrons. The molecule has 20 heavy (non-hydrogen) atoms. The second-order valence-electron chi connectivity index (χ2n) is 5.55. The number of benzene rings is 1. The summed E-state index contributed by atoms with van der Waals surface area (Å²) in [6.07, 6.45) is 2.25. The van der Waals surface area contributed by atoms with Crippen LogP contribution in [0.5, 0.6) is 11.5 Å². The second kappa shape index (κ2) is 6.95. The van der Waals surface area contributed by atoms with E-state index in [0.29, 0.717) is 12.0 Å². The van der Waals surface area contributed by atoms with Crippen molar-refractivity contribution in [2.75, 3.05) is 27.3 Å². The topological polar surface area (TPSA) is 47.7 Å². The fraction of sp³-hybridized carbons (Fsp3) is 0.625. The van der Waals surface area contributed by atoms with Crippen LogP contribution in [0.3, 0.4) is 0 Å². The molecule has 0 aliphatic carbocycles. The molecule has 4 heteroatoms. The van der Waals surface area contributed by atoms with E-state index in [-0.39, 0.29) is 0 Å². The zero-order valence-corrected chi connectivity index (χ0v) is 12.8. The maximum Gasteiger partial charge on any atom is 0.161 e. The van der Waals surface area contributed by atoms with Crippen LogP contribution in [-0.4, -0.2) is 38.3 Å². The van der Waals surface area contributed by atoms with Gasteiger partial charge in [0.25, 0.3) is 0 Å². The van der Waals surface area contributed by atoms with Crippen LogP contribution in [0.15, 0.2) is 18.2 Å². The van der Waals surface area contributed by atoms with Crippen molar-refractivity contribution in [3.05, 3.63) is 23.8 Å². The van der Waals surface area contributed by atoms with E-state index >= 15 is 0 Å². The molecule has 1 saturated heterocycles. The SMILES string of the molecule is CCC1CN(Cc2ccc(OC)c(OC)c2)CCC1N. The van der Waals surface area contributed by atoms with Crippen molar-refractivity contribution in [1.82, 2.24) is 4.90 Å². The van der Waals surface area contributed by atoms with Crippen LogP contribution in [0, 0.1) is 5.92 Å². The summed E-state index contributed by atoms with van der Waals surface area (Å²) in [7, 11) is 3.34. The first-order valence-electron chi connectivity index (χ1n) is 7.36. The quantitative estimate of drug-likeness (QED) is 0.897. The van der Waals surface area contributed by atoms with Crippen molar-refractivity contribution in [3.63, 3.8) is 0 Å². The van der Waals surface area contributed by atoms with Gasteiger partial charge in [-0.15, -0.1) is 0 Å². The van der Waals surface area contributed by atoms with Crippen LogP contribution in [0.4, 0.5) is 0 Å². The van der Waals surface area contributed by atoms with Gasteiger partial charge in [-0.2, -0.15) is 0 Å². The Kier molecular flexibility index (Phi) is 5.26. The van der Waals surface area contributed by atoms with Crippen molar-refractivity contribution >= 4 is 0 Å². The molecule has 0 spiro atoms. The number of nitrogens with zero attached hydrogens (tertiary/aromatic N) is 1. The third-order valence-electron chi connectivity index (χ3n) is 4.26. The van der Waals surface area contributed by atoms with Crippen molar-refractivity contribution in [1.29, 1.82) is 0 Å². The van der Waals surface area contributed by atoms with Crippen molar-refractivity contribution in [2.24, 2.45) is 11.7 Å². The first-order valence-corrected chi connectivity index (χ1v) is 7.36. The van der Waals surface area contributed by atoms with Gasteiger partial charge >= 0.3 is 0 Å². The van der Waals surface area contributed by atoms with Gasteiger partial charge in [0, 0.05) is 19.1 Å². The Balaban J connectivity index is 2.03. The molecule has 1 aliphatic rings. The molecular formula is C16H26N2O2. The first-order chi connectivity index (χ1) is 9.67. The lowest BCUT2D eigenvalue weighted by Gasteiger charge is -2.36. The van der Waals surface area contributed by atoms with Crippen LogP contribution in [0.2, 0.25) is 0 Å². The van der Waals surface area contributed by atoms with Gasteiger partial charge in [0.2, 0.25) is 0 Å². The molecule has 1 fully saturated rings. The second-order valence-corrected chi connectivity index (χ2v) is 5.55. The molecule has 2 unspecified atom stereocenters. The van der Waals surface area contributed by atoms with E-state index in [0.717, 1.165) is 44.0 Å². The Bertz CT molecular complexity index is 436. The molecule has 4 nitrogen and oxygen atoms in total. The Morgan fingerprint density at radius 2 is 2.00 bits per heavy atom. The predicted octanol–water partition coefficient (Wildman–Crippen LogP) is 2.26. The molecule has 1 aromatic carbocycles. The highest BCUT2D eigenvalue weighted by Crippen LogP contribution is 2.29. The fourth-order valence-corrected chi connectivity index (χ4v) is 2.94. The Labute approximate surface area is 121 Å². The predicted molar refractivity (Wildman–Crippen MR) is 81.2 cm³/mol. The minimum absolute atomic E-state index is 0.363. The molecule has 2 atom stereocenters. The zero-order chi connectivity index (χ0) is 14.5. The van der Waals surface area contributed by atoms with Gasteiger partial charge < -0.3 is 15.2 Å². The molecule has 0 amide bonds. The lowest BCUT2D eigenvalue weighted by molar-refractivity contribution is 0.145. The van der Waals surface area contributed by atoms with E-state index in [9.17, 15) is 0 Å². The lowest BCUT2D eigenvalue weighted by Crippen LogP contribution is -2.46. The first kappa shape index (κ1) is 15.1. The molecule has 0 aromatic heterocycles. The van der Waals surface area contributed by atoms with Gasteiger partial charge in [-0.25, -0.2) is 0 Å². The van der Waals surface area contributed by atoms with Gasteiger partial charge in [0.05, 0.1) is 14.2 Å². The average Bonchev–Trinajstić information content (AvgIpc) is 2.49. The minimum Gasteiger partial charge on any atom is -0.493 e. The Hall–Kier alpha value is -1.26. The summed E-state index contributed by atoms with van der Waals surface area (Å²) in [6, 6.07) is 6.51. The number of methoxy groups -OCH3 is 2. The van der Waals surface area contributed by atoms with Crippen molar-refractivity contribution in [3.8, 4) is 11.5 Å². The standard InChI is InChI=1S/C16H26N2O2/c1-4-13-11-18(8-7-14(13)17)10-12-5-6-15(19-2)16(9-12)20-3/h5-6,9,13-14H,4,7-8,10-11,17H2,1-3H3. The number of piperidine rings is 1. The van der Waals surface area contributed by atoms with Gasteiger partial charge in [0.15, 0.2) is 11.5 Å². The number of nitrogens with two attached hydrogens (primary N) is 1. The number of likely N-dealkylation sites (tertiary alicyclic amines) is 1. The van der Waals surface area contributed by atoms with Crippen LogP contribution in [0.1, 0.15) is 25.3 Å². The maximum absolute atomic E-state index is 6.17. The summed E-state index contributed by atoms with van der Waals surface area (Å²) in [5, 5.41) is 0. The molecule has 2 N–H and O–H groups in total. The number of rotatable bonds is 5. The number of hydrogen-bond acceptors (Lipinski definition) is 4. The van der Waals surface area contributed by atoms with E-state index in [1.165, 1.54) is 5.56 Å². The monoisotopic (exact) mass is 278 g/mol. The Morgan fingerprint density at radius 3 is 2.65 bits per heavy atom. The Morgan fingerprint density at radius 1 is 1.25 bits per heavy atom. The lowest BCUT2D eigenvalue weighted by atomic mass is 9.90. The molecule has 1 aliphatic heterocycles. The van der Waals surface area contributed by atoms with Crippen LogP contribution < -0.4 is 15.2 Å². The van der Waals surface area contributed by atoms with Gasteiger partial charge in [-0.1, -0.05) is 19.4 Å². The summed E-state index contributed by atoms with van der Waals surface area (Å²) in [4.78, 5) is 2.48. The van der Waals surface area contributed by atoms with E-state index in [1.54, 1.807) is 14.2 Å². The molecule has 1 aromatic rings. The summed E-state index contributed by atoms with van der Waals surface area (Å²) in [5.41, 5.74) is 7.42. The third kappa shape index (κ3) is 3.44. The highest BCUT2D eigenvalue weighted by molar-refractivity contribution is 5.42. The van der Waals surface area contributed by atoms with Gasteiger partial charge in [-0.05, 0) is 36.6 Å². The summed E-state index contributed by atoms with van der Waals surface area (Å²) in [5.74, 6) is 2.19. The normalized spacial score (nSPS) is 23.6. The van der Waals surface area contributed by atoms with Gasteiger partial charge in [-0.3, -0.25) is 4.90 Å². The minimum atomic E-state index is 0.363. The van der Waals surface area contributed by atoms with E-state index in [4.69, 9.17) is 15.2 Å². The molecule has 0 bridgehead atoms. The average molecular weight is 278 g/mol. The number of hydrogen-bond donors (Lipinski definition) is 1. The van der Waals surface area contributed by atoms with Crippen LogP contribution in [-0.2, 0) is 6.54 Å². The number of ether oxygens (including phenoxy) is 2. The largest absolute Gasteiger partial charge is 0.493 e. The third-order valence-corrected chi connectivity index (χ3v) is 4.26. The summed E-state index contributed by atoms with van der Waals surface area (Å²) in [6.45, 7) is 5.34. The fourth-order valence-electron chi connectivity index (χ4n) is 2.94. The highest BCUT2D eigenvalue weighted by atomic mass is 16.5. The smallest absolute Gasteiger partial charge is 0.161 e. The highest BCUT2D eigenvalue weighted by Gasteiger charge is 2.25. The van der Waals surface area contributed by atoms with E-state index in [2.05, 4.69) is 24.0 Å². The molecular weight excluding hydrogens is 252 g/mol. The summed E-state index contributed by atoms with van der Waals surface area (Å²) >= 11 is 0. The van der Waals surface area contributed by atoms with Crippen molar-refractivity contribution in [2.45, 2.75) is 32.4 Å². The van der Waals surface area contributed by atoms with Gasteiger partial charge in [0.1, 0.15) is 0 Å². The van der Waals surface area contributed by atoms with E-state index < -0.39 is 0 Å².